The molecule has 5 nitrogen and oxygen atoms in total. The van der Waals surface area contributed by atoms with Gasteiger partial charge in [-0.2, -0.15) is 0 Å². The summed E-state index contributed by atoms with van der Waals surface area (Å²) in [7, 11) is 1.89. The van der Waals surface area contributed by atoms with Gasteiger partial charge in [0.05, 0.1) is 0 Å². The molecule has 2 fully saturated rings. The molecule has 2 aliphatic heterocycles. The maximum Gasteiger partial charge on any atom is 0.223 e. The first-order valence-electron chi connectivity index (χ1n) is 7.52. The first-order chi connectivity index (χ1) is 9.29. The molecule has 0 aliphatic carbocycles. The molecule has 0 spiro atoms. The molecule has 1 amide bonds. The van der Waals surface area contributed by atoms with E-state index in [2.05, 4.69) is 10.2 Å². The second-order valence-corrected chi connectivity index (χ2v) is 5.59. The molecule has 2 aliphatic rings. The molecule has 0 unspecified atom stereocenters. The summed E-state index contributed by atoms with van der Waals surface area (Å²) < 4.78 is 5.40. The molecule has 7 heteroatoms. The van der Waals surface area contributed by atoms with Crippen LogP contribution in [0.4, 0.5) is 0 Å². The molecule has 0 saturated carbocycles. The summed E-state index contributed by atoms with van der Waals surface area (Å²) in [6.45, 7) is 7.66. The average molecular weight is 342 g/mol. The number of halogens is 2. The second kappa shape index (κ2) is 11.5. The third-order valence-corrected chi connectivity index (χ3v) is 4.17. The number of carbonyl (C=O) groups excluding carboxylic acids is 1. The van der Waals surface area contributed by atoms with Gasteiger partial charge in [-0.3, -0.25) is 9.69 Å². The Labute approximate surface area is 140 Å². The summed E-state index contributed by atoms with van der Waals surface area (Å²) >= 11 is 0. The van der Waals surface area contributed by atoms with Crippen LogP contribution in [0.3, 0.4) is 0 Å². The zero-order chi connectivity index (χ0) is 13.5. The molecule has 0 aromatic heterocycles. The monoisotopic (exact) mass is 341 g/mol. The van der Waals surface area contributed by atoms with E-state index in [1.165, 1.54) is 19.4 Å². The Morgan fingerprint density at radius 3 is 2.33 bits per heavy atom. The van der Waals surface area contributed by atoms with Gasteiger partial charge in [0.2, 0.25) is 5.91 Å². The minimum absolute atomic E-state index is 0. The van der Waals surface area contributed by atoms with Crippen molar-refractivity contribution in [2.24, 2.45) is 5.92 Å². The Hall–Kier alpha value is -0.0700. The number of amides is 1. The van der Waals surface area contributed by atoms with Crippen molar-refractivity contribution < 1.29 is 9.53 Å². The van der Waals surface area contributed by atoms with Crippen LogP contribution in [0.2, 0.25) is 0 Å². The van der Waals surface area contributed by atoms with Crippen LogP contribution in [0, 0.1) is 5.92 Å². The number of hydrogen-bond acceptors (Lipinski definition) is 4. The van der Waals surface area contributed by atoms with Gasteiger partial charge in [-0.1, -0.05) is 0 Å². The predicted molar refractivity (Wildman–Crippen MR) is 89.6 cm³/mol. The normalized spacial score (nSPS) is 20.5. The Morgan fingerprint density at radius 1 is 1.14 bits per heavy atom. The maximum atomic E-state index is 11.9. The summed E-state index contributed by atoms with van der Waals surface area (Å²) in [5.41, 5.74) is 0. The van der Waals surface area contributed by atoms with Crippen molar-refractivity contribution in [2.45, 2.75) is 19.3 Å². The number of ether oxygens (including phenoxy) is 1. The van der Waals surface area contributed by atoms with E-state index < -0.39 is 0 Å². The molecular weight excluding hydrogens is 313 g/mol. The number of carbonyl (C=O) groups is 1. The lowest BCUT2D eigenvalue weighted by Gasteiger charge is -2.37. The average Bonchev–Trinajstić information content (AvgIpc) is 2.46. The first kappa shape index (κ1) is 20.9. The minimum Gasteiger partial charge on any atom is -0.381 e. The van der Waals surface area contributed by atoms with E-state index >= 15 is 0 Å². The highest BCUT2D eigenvalue weighted by Gasteiger charge is 2.23. The van der Waals surface area contributed by atoms with E-state index in [1.807, 2.05) is 11.9 Å². The third kappa shape index (κ3) is 7.15. The van der Waals surface area contributed by atoms with Crippen LogP contribution in [0.5, 0.6) is 0 Å². The standard InChI is InChI=1S/C14H27N3O2.2ClH/c1-15-5-2-14(18)17-8-6-16(7-9-17)12-13-3-10-19-11-4-13;;/h13,15H,2-12H2,1H3;2*1H. The highest BCUT2D eigenvalue weighted by Crippen LogP contribution is 2.17. The van der Waals surface area contributed by atoms with Crippen molar-refractivity contribution in [1.82, 2.24) is 15.1 Å². The maximum absolute atomic E-state index is 11.9. The molecule has 0 aromatic carbocycles. The highest BCUT2D eigenvalue weighted by molar-refractivity contribution is 5.85. The van der Waals surface area contributed by atoms with Crippen LogP contribution < -0.4 is 5.32 Å². The lowest BCUT2D eigenvalue weighted by molar-refractivity contribution is -0.132. The molecule has 2 rings (SSSR count). The van der Waals surface area contributed by atoms with Gasteiger partial charge >= 0.3 is 0 Å². The van der Waals surface area contributed by atoms with Crippen molar-refractivity contribution >= 4 is 30.7 Å². The molecule has 126 valence electrons. The lowest BCUT2D eigenvalue weighted by Crippen LogP contribution is -2.50. The van der Waals surface area contributed by atoms with E-state index in [0.717, 1.165) is 51.9 Å². The van der Waals surface area contributed by atoms with Gasteiger partial charge < -0.3 is 15.0 Å². The van der Waals surface area contributed by atoms with E-state index in [-0.39, 0.29) is 24.8 Å². The molecule has 2 heterocycles. The first-order valence-corrected chi connectivity index (χ1v) is 7.52. The number of hydrogen-bond donors (Lipinski definition) is 1. The fraction of sp³-hybridized carbons (Fsp3) is 0.929. The van der Waals surface area contributed by atoms with Crippen LogP contribution in [-0.4, -0.2) is 75.2 Å². The number of rotatable bonds is 5. The van der Waals surface area contributed by atoms with Gasteiger partial charge in [-0.25, -0.2) is 0 Å². The van der Waals surface area contributed by atoms with E-state index in [4.69, 9.17) is 4.74 Å². The van der Waals surface area contributed by atoms with Crippen LogP contribution in [-0.2, 0) is 9.53 Å². The summed E-state index contributed by atoms with van der Waals surface area (Å²) in [5, 5.41) is 3.03. The summed E-state index contributed by atoms with van der Waals surface area (Å²) in [6.07, 6.45) is 3.01. The van der Waals surface area contributed by atoms with Gasteiger partial charge in [0, 0.05) is 58.9 Å². The molecular formula is C14H29Cl2N3O2. The van der Waals surface area contributed by atoms with Crippen molar-refractivity contribution in [1.29, 1.82) is 0 Å². The van der Waals surface area contributed by atoms with E-state index in [9.17, 15) is 4.79 Å². The zero-order valence-electron chi connectivity index (χ0n) is 12.9. The summed E-state index contributed by atoms with van der Waals surface area (Å²) in [5.74, 6) is 1.08. The van der Waals surface area contributed by atoms with Gasteiger partial charge in [0.15, 0.2) is 0 Å². The Kier molecular flexibility index (Phi) is 11.5. The minimum atomic E-state index is 0. The smallest absolute Gasteiger partial charge is 0.223 e. The van der Waals surface area contributed by atoms with E-state index in [1.54, 1.807) is 0 Å². The van der Waals surface area contributed by atoms with Crippen molar-refractivity contribution in [3.8, 4) is 0 Å². The molecule has 0 atom stereocenters. The highest BCUT2D eigenvalue weighted by atomic mass is 35.5. The largest absolute Gasteiger partial charge is 0.381 e. The van der Waals surface area contributed by atoms with Gasteiger partial charge in [0.1, 0.15) is 0 Å². The quantitative estimate of drug-likeness (QED) is 0.810. The van der Waals surface area contributed by atoms with Crippen LogP contribution in [0.25, 0.3) is 0 Å². The number of nitrogens with one attached hydrogen (secondary N) is 1. The summed E-state index contributed by atoms with van der Waals surface area (Å²) in [6, 6.07) is 0. The zero-order valence-corrected chi connectivity index (χ0v) is 14.5. The van der Waals surface area contributed by atoms with Gasteiger partial charge in [-0.05, 0) is 25.8 Å². The van der Waals surface area contributed by atoms with Gasteiger partial charge in [-0.15, -0.1) is 24.8 Å². The number of nitrogens with zero attached hydrogens (tertiary/aromatic N) is 2. The Morgan fingerprint density at radius 2 is 1.76 bits per heavy atom. The van der Waals surface area contributed by atoms with Crippen LogP contribution in [0.15, 0.2) is 0 Å². The molecule has 0 radical (unpaired) electrons. The molecule has 1 N–H and O–H groups in total. The van der Waals surface area contributed by atoms with Crippen LogP contribution in [0.1, 0.15) is 19.3 Å². The van der Waals surface area contributed by atoms with Crippen molar-refractivity contribution in [3.05, 3.63) is 0 Å². The topological polar surface area (TPSA) is 44.8 Å². The van der Waals surface area contributed by atoms with Crippen molar-refractivity contribution in [3.63, 3.8) is 0 Å². The van der Waals surface area contributed by atoms with Crippen LogP contribution >= 0.6 is 24.8 Å². The number of piperazine rings is 1. The van der Waals surface area contributed by atoms with E-state index in [0.29, 0.717) is 12.3 Å². The fourth-order valence-corrected chi connectivity index (χ4v) is 2.86. The molecule has 0 bridgehead atoms. The Balaban J connectivity index is 0.00000200. The Bertz CT molecular complexity index is 281. The molecule has 0 aromatic rings. The fourth-order valence-electron chi connectivity index (χ4n) is 2.86. The molecule has 21 heavy (non-hydrogen) atoms. The van der Waals surface area contributed by atoms with Gasteiger partial charge in [0.25, 0.3) is 0 Å². The third-order valence-electron chi connectivity index (χ3n) is 4.17. The SMILES string of the molecule is CNCCC(=O)N1CCN(CC2CCOCC2)CC1.Cl.Cl. The predicted octanol–water partition coefficient (Wildman–Crippen LogP) is 1.01. The van der Waals surface area contributed by atoms with Crippen molar-refractivity contribution in [2.75, 3.05) is 59.5 Å². The lowest BCUT2D eigenvalue weighted by atomic mass is 9.99. The molecule has 2 saturated heterocycles. The summed E-state index contributed by atoms with van der Waals surface area (Å²) in [4.78, 5) is 16.4. The second-order valence-electron chi connectivity index (χ2n) is 5.59.